The Morgan fingerprint density at radius 2 is 1.82 bits per heavy atom. The Balaban J connectivity index is 1.46. The Kier molecular flexibility index (Phi) is 5.81. The van der Waals surface area contributed by atoms with Crippen molar-refractivity contribution >= 4 is 20.9 Å². The van der Waals surface area contributed by atoms with E-state index in [4.69, 9.17) is 0 Å². The molecule has 34 heavy (non-hydrogen) atoms. The van der Waals surface area contributed by atoms with Crippen LogP contribution in [-0.4, -0.2) is 59.0 Å². The molecule has 0 amide bonds. The third kappa shape index (κ3) is 3.85. The predicted molar refractivity (Wildman–Crippen MR) is 132 cm³/mol. The maximum absolute atomic E-state index is 15.8. The lowest BCUT2D eigenvalue weighted by atomic mass is 9.68. The minimum absolute atomic E-state index is 0.196. The summed E-state index contributed by atoms with van der Waals surface area (Å²) in [6.45, 7) is 7.04. The monoisotopic (exact) mass is 485 g/mol. The smallest absolute Gasteiger partial charge is 0.150 e. The zero-order chi connectivity index (χ0) is 24.3. The third-order valence-corrected chi connectivity index (χ3v) is 9.73. The molecule has 5 rings (SSSR count). The van der Waals surface area contributed by atoms with Gasteiger partial charge in [0.05, 0.1) is 11.5 Å². The molecular weight excluding hydrogens is 453 g/mol. The Morgan fingerprint density at radius 1 is 1.15 bits per heavy atom. The van der Waals surface area contributed by atoms with E-state index in [9.17, 15) is 13.5 Å². The largest absolute Gasteiger partial charge is 0.384 e. The molecule has 1 aromatic carbocycles. The number of nitrogens with one attached hydrogen (secondary N) is 1. The third-order valence-electron chi connectivity index (χ3n) is 8.02. The van der Waals surface area contributed by atoms with Gasteiger partial charge in [0.2, 0.25) is 0 Å². The lowest BCUT2D eigenvalue weighted by Crippen LogP contribution is -2.58. The number of aliphatic hydroxyl groups is 1. The summed E-state index contributed by atoms with van der Waals surface area (Å²) in [5.74, 6) is -0.356. The second-order valence-electron chi connectivity index (χ2n) is 10.2. The van der Waals surface area contributed by atoms with Crippen LogP contribution in [0.4, 0.5) is 4.39 Å². The Morgan fingerprint density at radius 3 is 2.47 bits per heavy atom. The molecule has 3 aromatic rings. The molecule has 3 atom stereocenters. The van der Waals surface area contributed by atoms with E-state index in [1.807, 2.05) is 45.2 Å². The lowest BCUT2D eigenvalue weighted by molar-refractivity contribution is -0.122. The maximum atomic E-state index is 15.8. The molecular formula is C26H32FN3O3S. The fourth-order valence-corrected chi connectivity index (χ4v) is 7.66. The molecule has 2 aromatic heterocycles. The van der Waals surface area contributed by atoms with E-state index < -0.39 is 21.3 Å². The van der Waals surface area contributed by atoms with E-state index in [0.717, 1.165) is 27.7 Å². The van der Waals surface area contributed by atoms with Crippen LogP contribution < -0.4 is 0 Å². The summed E-state index contributed by atoms with van der Waals surface area (Å²) in [5.41, 5.74) is 2.22. The molecule has 182 valence electrons. The number of rotatable bonds is 3. The fourth-order valence-electron chi connectivity index (χ4n) is 6.20. The van der Waals surface area contributed by atoms with Gasteiger partial charge in [-0.1, -0.05) is 19.9 Å². The maximum Gasteiger partial charge on any atom is 0.150 e. The molecule has 2 saturated heterocycles. The van der Waals surface area contributed by atoms with Crippen molar-refractivity contribution in [1.82, 2.24) is 14.9 Å². The molecule has 0 saturated carbocycles. The van der Waals surface area contributed by atoms with Crippen molar-refractivity contribution in [1.29, 1.82) is 0 Å². The second kappa shape index (κ2) is 8.43. The molecule has 4 heterocycles. The quantitative estimate of drug-likeness (QED) is 0.585. The highest BCUT2D eigenvalue weighted by atomic mass is 32.2. The number of benzene rings is 1. The molecule has 2 aliphatic rings. The SMILES string of the molecule is Cc1cc(-c2ccnc3[nH]ccc23)cc(F)c1[C@@]1(O)[C@H](C)CN(C2CCS(=O)(=O)CC2)C[C@@H]1C. The Hall–Kier alpha value is -2.29. The topological polar surface area (TPSA) is 86.3 Å². The summed E-state index contributed by atoms with van der Waals surface area (Å²) < 4.78 is 39.5. The van der Waals surface area contributed by atoms with E-state index >= 15 is 4.39 Å². The molecule has 2 N–H and O–H groups in total. The predicted octanol–water partition coefficient (Wildman–Crippen LogP) is 4.03. The number of fused-ring (bicyclic) bond motifs is 1. The van der Waals surface area contributed by atoms with Crippen LogP contribution in [0, 0.1) is 24.6 Å². The van der Waals surface area contributed by atoms with Crippen LogP contribution in [0.1, 0.15) is 37.8 Å². The van der Waals surface area contributed by atoms with Crippen LogP contribution in [0.3, 0.4) is 0 Å². The van der Waals surface area contributed by atoms with Gasteiger partial charge in [0.1, 0.15) is 26.9 Å². The highest BCUT2D eigenvalue weighted by molar-refractivity contribution is 7.91. The van der Waals surface area contributed by atoms with E-state index in [0.29, 0.717) is 31.5 Å². The highest BCUT2D eigenvalue weighted by Gasteiger charge is 2.49. The van der Waals surface area contributed by atoms with E-state index in [2.05, 4.69) is 14.9 Å². The van der Waals surface area contributed by atoms with E-state index in [1.165, 1.54) is 6.07 Å². The number of sulfone groups is 1. The molecule has 6 nitrogen and oxygen atoms in total. The number of pyridine rings is 1. The summed E-state index contributed by atoms with van der Waals surface area (Å²) in [7, 11) is -2.93. The van der Waals surface area contributed by atoms with Gasteiger partial charge in [-0.05, 0) is 54.7 Å². The van der Waals surface area contributed by atoms with Crippen molar-refractivity contribution in [2.24, 2.45) is 11.8 Å². The average molecular weight is 486 g/mol. The first-order chi connectivity index (χ1) is 16.1. The molecule has 2 fully saturated rings. The van der Waals surface area contributed by atoms with Gasteiger partial charge in [-0.15, -0.1) is 0 Å². The van der Waals surface area contributed by atoms with Crippen LogP contribution in [0.5, 0.6) is 0 Å². The number of aryl methyl sites for hydroxylation is 1. The van der Waals surface area contributed by atoms with Crippen molar-refractivity contribution in [2.75, 3.05) is 24.6 Å². The standard InChI is InChI=1S/C26H32FN3O3S/c1-16-12-19(21-4-8-28-25-22(21)5-9-29-25)13-23(27)24(16)26(31)17(2)14-30(15-18(26)3)20-6-10-34(32,33)11-7-20/h4-5,8-9,12-13,17-18,20,31H,6-7,10-11,14-15H2,1-3H3,(H,28,29)/t17-,18+,26-. The zero-order valence-electron chi connectivity index (χ0n) is 19.9. The molecule has 0 bridgehead atoms. The number of piperidine rings is 1. The first-order valence-electron chi connectivity index (χ1n) is 12.0. The van der Waals surface area contributed by atoms with Gasteiger partial charge in [-0.2, -0.15) is 0 Å². The number of aromatic amines is 1. The molecule has 0 aliphatic carbocycles. The summed E-state index contributed by atoms with van der Waals surface area (Å²) in [6, 6.07) is 7.49. The number of aromatic nitrogens is 2. The van der Waals surface area contributed by atoms with Crippen molar-refractivity contribution in [3.63, 3.8) is 0 Å². The normalized spacial score (nSPS) is 28.4. The summed E-state index contributed by atoms with van der Waals surface area (Å²) in [5, 5.41) is 12.9. The number of hydrogen-bond acceptors (Lipinski definition) is 5. The Bertz CT molecular complexity index is 1290. The van der Waals surface area contributed by atoms with Gasteiger partial charge in [0.15, 0.2) is 0 Å². The summed E-state index contributed by atoms with van der Waals surface area (Å²) >= 11 is 0. The van der Waals surface area contributed by atoms with Crippen molar-refractivity contribution in [3.05, 3.63) is 53.6 Å². The van der Waals surface area contributed by atoms with Gasteiger partial charge in [0.25, 0.3) is 0 Å². The van der Waals surface area contributed by atoms with Gasteiger partial charge in [-0.3, -0.25) is 4.90 Å². The van der Waals surface area contributed by atoms with Crippen LogP contribution in [-0.2, 0) is 15.4 Å². The lowest BCUT2D eigenvalue weighted by Gasteiger charge is -2.51. The van der Waals surface area contributed by atoms with Crippen molar-refractivity contribution in [3.8, 4) is 11.1 Å². The number of likely N-dealkylation sites (tertiary alicyclic amines) is 1. The highest BCUT2D eigenvalue weighted by Crippen LogP contribution is 2.45. The number of nitrogens with zero attached hydrogens (tertiary/aromatic N) is 2. The second-order valence-corrected chi connectivity index (χ2v) is 12.5. The fraction of sp³-hybridized carbons (Fsp3) is 0.500. The first kappa shape index (κ1) is 23.5. The van der Waals surface area contributed by atoms with E-state index in [1.54, 1.807) is 6.20 Å². The molecule has 0 radical (unpaired) electrons. The minimum Gasteiger partial charge on any atom is -0.384 e. The number of halogens is 1. The Labute approximate surface area is 200 Å². The summed E-state index contributed by atoms with van der Waals surface area (Å²) in [6.07, 6.45) is 4.78. The van der Waals surface area contributed by atoms with Gasteiger partial charge < -0.3 is 10.1 Å². The van der Waals surface area contributed by atoms with Gasteiger partial charge >= 0.3 is 0 Å². The molecule has 0 spiro atoms. The molecule has 2 aliphatic heterocycles. The number of hydrogen-bond donors (Lipinski definition) is 2. The first-order valence-corrected chi connectivity index (χ1v) is 13.8. The van der Waals surface area contributed by atoms with Crippen LogP contribution >= 0.6 is 0 Å². The molecule has 0 unspecified atom stereocenters. The van der Waals surface area contributed by atoms with Crippen LogP contribution in [0.2, 0.25) is 0 Å². The number of H-pyrrole nitrogens is 1. The van der Waals surface area contributed by atoms with Gasteiger partial charge in [0, 0.05) is 54.3 Å². The summed E-state index contributed by atoms with van der Waals surface area (Å²) in [4.78, 5) is 9.72. The van der Waals surface area contributed by atoms with Crippen molar-refractivity contribution in [2.45, 2.75) is 45.3 Å². The average Bonchev–Trinajstić information content (AvgIpc) is 3.26. The molecule has 8 heteroatoms. The van der Waals surface area contributed by atoms with Crippen LogP contribution in [0.25, 0.3) is 22.2 Å². The zero-order valence-corrected chi connectivity index (χ0v) is 20.7. The van der Waals surface area contributed by atoms with Crippen molar-refractivity contribution < 1.29 is 17.9 Å². The van der Waals surface area contributed by atoms with Crippen LogP contribution in [0.15, 0.2) is 36.7 Å². The van der Waals surface area contributed by atoms with Gasteiger partial charge in [-0.25, -0.2) is 17.8 Å². The minimum atomic E-state index is -2.93. The van der Waals surface area contributed by atoms with E-state index in [-0.39, 0.29) is 29.4 Å².